The van der Waals surface area contributed by atoms with Crippen molar-refractivity contribution in [1.29, 1.82) is 0 Å². The van der Waals surface area contributed by atoms with E-state index in [4.69, 9.17) is 4.74 Å². The second-order valence-electron chi connectivity index (χ2n) is 5.97. The summed E-state index contributed by atoms with van der Waals surface area (Å²) in [7, 11) is 0. The third-order valence-corrected chi connectivity index (χ3v) is 4.25. The molecule has 0 aromatic rings. The van der Waals surface area contributed by atoms with Gasteiger partial charge in [-0.2, -0.15) is 0 Å². The second-order valence-corrected chi connectivity index (χ2v) is 5.97. The van der Waals surface area contributed by atoms with Crippen LogP contribution in [-0.2, 0) is 4.74 Å². The summed E-state index contributed by atoms with van der Waals surface area (Å²) in [4.78, 5) is 0. The lowest BCUT2D eigenvalue weighted by atomic mass is 9.76. The van der Waals surface area contributed by atoms with Gasteiger partial charge in [-0.15, -0.1) is 0 Å². The first-order valence-electron chi connectivity index (χ1n) is 6.87. The van der Waals surface area contributed by atoms with Crippen LogP contribution in [-0.4, -0.2) is 12.2 Å². The summed E-state index contributed by atoms with van der Waals surface area (Å²) in [5, 5.41) is 0. The van der Waals surface area contributed by atoms with Gasteiger partial charge in [0, 0.05) is 0 Å². The van der Waals surface area contributed by atoms with E-state index in [1.807, 2.05) is 0 Å². The van der Waals surface area contributed by atoms with E-state index in [9.17, 15) is 0 Å². The number of epoxide rings is 1. The van der Waals surface area contributed by atoms with Gasteiger partial charge < -0.3 is 4.74 Å². The van der Waals surface area contributed by atoms with E-state index in [-0.39, 0.29) is 0 Å². The van der Waals surface area contributed by atoms with E-state index >= 15 is 0 Å². The van der Waals surface area contributed by atoms with Crippen LogP contribution in [0.25, 0.3) is 0 Å². The van der Waals surface area contributed by atoms with E-state index in [0.717, 1.165) is 18.4 Å². The monoisotopic (exact) mass is 210 g/mol. The average molecular weight is 210 g/mol. The van der Waals surface area contributed by atoms with Gasteiger partial charge in [-0.25, -0.2) is 0 Å². The SMILES string of the molecule is CC(C)CCCCC1CCCCC12CO2. The Hall–Kier alpha value is -0.0400. The van der Waals surface area contributed by atoms with Gasteiger partial charge in [0.1, 0.15) is 0 Å². The Bertz CT molecular complexity index is 194. The van der Waals surface area contributed by atoms with Crippen LogP contribution >= 0.6 is 0 Å². The van der Waals surface area contributed by atoms with Crippen molar-refractivity contribution in [2.75, 3.05) is 6.61 Å². The van der Waals surface area contributed by atoms with Crippen LogP contribution in [0.4, 0.5) is 0 Å². The second kappa shape index (κ2) is 4.86. The molecule has 88 valence electrons. The van der Waals surface area contributed by atoms with E-state index in [1.54, 1.807) is 0 Å². The van der Waals surface area contributed by atoms with Gasteiger partial charge >= 0.3 is 0 Å². The molecule has 0 N–H and O–H groups in total. The van der Waals surface area contributed by atoms with Gasteiger partial charge in [0.05, 0.1) is 12.2 Å². The highest BCUT2D eigenvalue weighted by Gasteiger charge is 2.51. The summed E-state index contributed by atoms with van der Waals surface area (Å²) in [5.74, 6) is 1.78. The Morgan fingerprint density at radius 1 is 1.27 bits per heavy atom. The van der Waals surface area contributed by atoms with Crippen LogP contribution in [0.5, 0.6) is 0 Å². The summed E-state index contributed by atoms with van der Waals surface area (Å²) in [5.41, 5.74) is 0.385. The fourth-order valence-electron chi connectivity index (χ4n) is 3.11. The lowest BCUT2D eigenvalue weighted by molar-refractivity contribution is 0.148. The standard InChI is InChI=1S/C14H26O/c1-12(2)7-3-4-8-13-9-5-6-10-14(13)11-15-14/h12-13H,3-11H2,1-2H3. The molecule has 1 saturated carbocycles. The molecule has 0 aromatic heterocycles. The van der Waals surface area contributed by atoms with Gasteiger partial charge in [-0.3, -0.25) is 0 Å². The summed E-state index contributed by atoms with van der Waals surface area (Å²) in [6.45, 7) is 5.72. The zero-order chi connectivity index (χ0) is 10.7. The summed E-state index contributed by atoms with van der Waals surface area (Å²) in [6.07, 6.45) is 11.3. The van der Waals surface area contributed by atoms with Crippen molar-refractivity contribution in [3.63, 3.8) is 0 Å². The minimum atomic E-state index is 0.385. The third-order valence-electron chi connectivity index (χ3n) is 4.25. The zero-order valence-corrected chi connectivity index (χ0v) is 10.4. The van der Waals surface area contributed by atoms with Crippen LogP contribution in [0.3, 0.4) is 0 Å². The first-order chi connectivity index (χ1) is 7.23. The molecule has 2 unspecified atom stereocenters. The smallest absolute Gasteiger partial charge is 0.0944 e. The summed E-state index contributed by atoms with van der Waals surface area (Å²) >= 11 is 0. The number of hydrogen-bond donors (Lipinski definition) is 0. The highest BCUT2D eigenvalue weighted by molar-refractivity contribution is 5.00. The molecule has 1 saturated heterocycles. The molecule has 1 aliphatic heterocycles. The molecule has 1 nitrogen and oxygen atoms in total. The number of unbranched alkanes of at least 4 members (excludes halogenated alkanes) is 1. The van der Waals surface area contributed by atoms with E-state index < -0.39 is 0 Å². The molecule has 1 heterocycles. The van der Waals surface area contributed by atoms with Crippen LogP contribution in [0, 0.1) is 11.8 Å². The quantitative estimate of drug-likeness (QED) is 0.490. The van der Waals surface area contributed by atoms with Crippen LogP contribution in [0.2, 0.25) is 0 Å². The molecule has 1 heteroatoms. The van der Waals surface area contributed by atoms with Crippen molar-refractivity contribution >= 4 is 0 Å². The van der Waals surface area contributed by atoms with Crippen LogP contribution in [0.1, 0.15) is 65.2 Å². The van der Waals surface area contributed by atoms with Gasteiger partial charge in [-0.1, -0.05) is 46.0 Å². The largest absolute Gasteiger partial charge is 0.369 e. The maximum atomic E-state index is 5.73. The predicted molar refractivity (Wildman–Crippen MR) is 63.9 cm³/mol. The Labute approximate surface area is 94.6 Å². The fourth-order valence-corrected chi connectivity index (χ4v) is 3.11. The lowest BCUT2D eigenvalue weighted by Gasteiger charge is -2.28. The maximum absolute atomic E-state index is 5.73. The molecular formula is C14H26O. The van der Waals surface area contributed by atoms with Crippen LogP contribution < -0.4 is 0 Å². The molecule has 1 spiro atoms. The average Bonchev–Trinajstić information content (AvgIpc) is 2.96. The van der Waals surface area contributed by atoms with Crippen molar-refractivity contribution in [2.45, 2.75) is 70.8 Å². The molecular weight excluding hydrogens is 184 g/mol. The topological polar surface area (TPSA) is 12.5 Å². The number of ether oxygens (including phenoxy) is 1. The molecule has 0 amide bonds. The van der Waals surface area contributed by atoms with E-state index in [1.165, 1.54) is 51.4 Å². The minimum absolute atomic E-state index is 0.385. The van der Waals surface area contributed by atoms with Gasteiger partial charge in [-0.05, 0) is 31.1 Å². The van der Waals surface area contributed by atoms with Crippen molar-refractivity contribution in [3.05, 3.63) is 0 Å². The van der Waals surface area contributed by atoms with Crippen molar-refractivity contribution < 1.29 is 4.74 Å². The molecule has 15 heavy (non-hydrogen) atoms. The number of rotatable bonds is 5. The zero-order valence-electron chi connectivity index (χ0n) is 10.4. The summed E-state index contributed by atoms with van der Waals surface area (Å²) < 4.78 is 5.73. The normalized spacial score (nSPS) is 35.0. The summed E-state index contributed by atoms with van der Waals surface area (Å²) in [6, 6.07) is 0. The Morgan fingerprint density at radius 2 is 2.07 bits per heavy atom. The highest BCUT2D eigenvalue weighted by atomic mass is 16.6. The molecule has 2 aliphatic rings. The molecule has 1 aliphatic carbocycles. The van der Waals surface area contributed by atoms with E-state index in [2.05, 4.69) is 13.8 Å². The van der Waals surface area contributed by atoms with Crippen molar-refractivity contribution in [3.8, 4) is 0 Å². The Morgan fingerprint density at radius 3 is 2.73 bits per heavy atom. The van der Waals surface area contributed by atoms with Crippen LogP contribution in [0.15, 0.2) is 0 Å². The molecule has 2 rings (SSSR count). The molecule has 2 fully saturated rings. The Kier molecular flexibility index (Phi) is 3.71. The first kappa shape index (κ1) is 11.4. The fraction of sp³-hybridized carbons (Fsp3) is 1.00. The lowest BCUT2D eigenvalue weighted by Crippen LogP contribution is -2.28. The molecule has 0 radical (unpaired) electrons. The van der Waals surface area contributed by atoms with Crippen molar-refractivity contribution in [1.82, 2.24) is 0 Å². The highest BCUT2D eigenvalue weighted by Crippen LogP contribution is 2.48. The molecule has 0 bridgehead atoms. The maximum Gasteiger partial charge on any atom is 0.0944 e. The first-order valence-corrected chi connectivity index (χ1v) is 6.87. The van der Waals surface area contributed by atoms with Crippen molar-refractivity contribution in [2.24, 2.45) is 11.8 Å². The van der Waals surface area contributed by atoms with E-state index in [0.29, 0.717) is 5.60 Å². The van der Waals surface area contributed by atoms with Gasteiger partial charge in [0.2, 0.25) is 0 Å². The molecule has 2 atom stereocenters. The number of hydrogen-bond acceptors (Lipinski definition) is 1. The Balaban J connectivity index is 1.65. The molecule has 0 aromatic carbocycles. The van der Waals surface area contributed by atoms with Gasteiger partial charge in [0.25, 0.3) is 0 Å². The predicted octanol–water partition coefficient (Wildman–Crippen LogP) is 4.16. The minimum Gasteiger partial charge on any atom is -0.369 e. The van der Waals surface area contributed by atoms with Gasteiger partial charge in [0.15, 0.2) is 0 Å². The third kappa shape index (κ3) is 2.96.